The molecular weight excluding hydrogens is 212 g/mol. The van der Waals surface area contributed by atoms with Crippen LogP contribution in [0, 0.1) is 28.1 Å². The van der Waals surface area contributed by atoms with Crippen molar-refractivity contribution in [2.75, 3.05) is 0 Å². The number of carbonyl (C=O) groups is 1. The van der Waals surface area contributed by atoms with E-state index in [2.05, 4.69) is 20.8 Å². The van der Waals surface area contributed by atoms with Gasteiger partial charge in [-0.25, -0.2) is 0 Å². The van der Waals surface area contributed by atoms with E-state index in [1.165, 1.54) is 6.42 Å². The summed E-state index contributed by atoms with van der Waals surface area (Å²) in [4.78, 5) is 11.6. The molecule has 0 radical (unpaired) electrons. The van der Waals surface area contributed by atoms with Crippen molar-refractivity contribution < 1.29 is 9.90 Å². The molecule has 4 atom stereocenters. The molecule has 0 aromatic carbocycles. The van der Waals surface area contributed by atoms with Crippen molar-refractivity contribution in [2.45, 2.75) is 59.3 Å². The van der Waals surface area contributed by atoms with Gasteiger partial charge in [0.05, 0.1) is 5.41 Å². The van der Waals surface area contributed by atoms with Gasteiger partial charge in [0.2, 0.25) is 0 Å². The first-order valence-corrected chi connectivity index (χ1v) is 7.03. The van der Waals surface area contributed by atoms with Crippen LogP contribution >= 0.6 is 0 Å². The second-order valence-corrected chi connectivity index (χ2v) is 7.86. The number of carboxylic acid groups (broad SMARTS) is 1. The molecule has 2 bridgehead atoms. The molecule has 2 nitrogen and oxygen atoms in total. The average Bonchev–Trinajstić information content (AvgIpc) is 2.50. The summed E-state index contributed by atoms with van der Waals surface area (Å²) >= 11 is 0. The summed E-state index contributed by atoms with van der Waals surface area (Å²) in [6.45, 7) is 7.09. The summed E-state index contributed by atoms with van der Waals surface area (Å²) in [7, 11) is 0. The predicted octanol–water partition coefficient (Wildman–Crippen LogP) is 3.70. The molecule has 0 saturated heterocycles. The largest absolute Gasteiger partial charge is 0.481 e. The van der Waals surface area contributed by atoms with Gasteiger partial charge in [-0.3, -0.25) is 4.79 Å². The average molecular weight is 236 g/mol. The van der Waals surface area contributed by atoms with Gasteiger partial charge in [0, 0.05) is 0 Å². The minimum Gasteiger partial charge on any atom is -0.481 e. The quantitative estimate of drug-likeness (QED) is 0.753. The first-order valence-electron chi connectivity index (χ1n) is 7.03. The van der Waals surface area contributed by atoms with E-state index in [4.69, 9.17) is 0 Å². The molecule has 17 heavy (non-hydrogen) atoms. The molecule has 96 valence electrons. The highest BCUT2D eigenvalue weighted by atomic mass is 16.4. The maximum atomic E-state index is 11.6. The van der Waals surface area contributed by atoms with Crippen LogP contribution in [0.25, 0.3) is 0 Å². The Morgan fingerprint density at radius 2 is 1.82 bits per heavy atom. The Morgan fingerprint density at radius 1 is 1.12 bits per heavy atom. The summed E-state index contributed by atoms with van der Waals surface area (Å²) in [5, 5.41) is 9.58. The standard InChI is InChI=1S/C15H24O2/c1-13(2)8-11-10(13)4-5-15(12(16)17)7-6-14(11,3)9-15/h10-11H,4-9H2,1-3H3,(H,16,17)/t10-,11+,14+,15+/m1/s1. The van der Waals surface area contributed by atoms with E-state index >= 15 is 0 Å². The van der Waals surface area contributed by atoms with Crippen LogP contribution in [0.4, 0.5) is 0 Å². The van der Waals surface area contributed by atoms with Crippen molar-refractivity contribution in [3.63, 3.8) is 0 Å². The van der Waals surface area contributed by atoms with Gasteiger partial charge in [0.25, 0.3) is 0 Å². The Bertz CT molecular complexity index is 373. The summed E-state index contributed by atoms with van der Waals surface area (Å²) < 4.78 is 0. The Balaban J connectivity index is 1.94. The normalized spacial score (nSPS) is 51.2. The minimum absolute atomic E-state index is 0.315. The lowest BCUT2D eigenvalue weighted by molar-refractivity contribution is -0.149. The first kappa shape index (κ1) is 11.6. The highest BCUT2D eigenvalue weighted by molar-refractivity contribution is 5.75. The van der Waals surface area contributed by atoms with Crippen molar-refractivity contribution in [3.8, 4) is 0 Å². The lowest BCUT2D eigenvalue weighted by Crippen LogP contribution is -2.49. The maximum absolute atomic E-state index is 11.6. The second kappa shape index (κ2) is 3.07. The molecule has 0 aliphatic heterocycles. The van der Waals surface area contributed by atoms with Gasteiger partial charge in [-0.1, -0.05) is 20.8 Å². The molecule has 0 heterocycles. The smallest absolute Gasteiger partial charge is 0.309 e. The van der Waals surface area contributed by atoms with Crippen molar-refractivity contribution in [1.29, 1.82) is 0 Å². The summed E-state index contributed by atoms with van der Waals surface area (Å²) in [6, 6.07) is 0. The summed E-state index contributed by atoms with van der Waals surface area (Å²) in [5.41, 5.74) is 0.398. The molecule has 0 aromatic rings. The molecule has 3 saturated carbocycles. The van der Waals surface area contributed by atoms with Crippen molar-refractivity contribution in [1.82, 2.24) is 0 Å². The third kappa shape index (κ3) is 1.36. The van der Waals surface area contributed by atoms with Crippen molar-refractivity contribution >= 4 is 5.97 Å². The second-order valence-electron chi connectivity index (χ2n) is 7.86. The van der Waals surface area contributed by atoms with Crippen LogP contribution in [-0.4, -0.2) is 11.1 Å². The van der Waals surface area contributed by atoms with E-state index in [-0.39, 0.29) is 5.41 Å². The number of carboxylic acids is 1. The fourth-order valence-corrected chi connectivity index (χ4v) is 5.29. The van der Waals surface area contributed by atoms with E-state index in [1.54, 1.807) is 0 Å². The number of fused-ring (bicyclic) bond motifs is 4. The van der Waals surface area contributed by atoms with Gasteiger partial charge in [-0.15, -0.1) is 0 Å². The van der Waals surface area contributed by atoms with Gasteiger partial charge in [0.1, 0.15) is 0 Å². The van der Waals surface area contributed by atoms with E-state index in [1.807, 2.05) is 0 Å². The van der Waals surface area contributed by atoms with Gasteiger partial charge in [-0.05, 0) is 61.2 Å². The van der Waals surface area contributed by atoms with Crippen LogP contribution in [0.3, 0.4) is 0 Å². The first-order chi connectivity index (χ1) is 7.79. The topological polar surface area (TPSA) is 37.3 Å². The molecule has 3 fully saturated rings. The van der Waals surface area contributed by atoms with E-state index in [0.717, 1.165) is 43.9 Å². The van der Waals surface area contributed by atoms with E-state index in [9.17, 15) is 9.90 Å². The van der Waals surface area contributed by atoms with Gasteiger partial charge >= 0.3 is 5.97 Å². The third-order valence-electron chi connectivity index (χ3n) is 6.44. The molecule has 0 amide bonds. The number of rotatable bonds is 1. The lowest BCUT2D eigenvalue weighted by Gasteiger charge is -2.57. The number of aliphatic carboxylic acids is 1. The predicted molar refractivity (Wildman–Crippen MR) is 66.6 cm³/mol. The van der Waals surface area contributed by atoms with Crippen molar-refractivity contribution in [3.05, 3.63) is 0 Å². The Morgan fingerprint density at radius 3 is 2.41 bits per heavy atom. The zero-order valence-electron chi connectivity index (χ0n) is 11.3. The van der Waals surface area contributed by atoms with E-state index < -0.39 is 5.97 Å². The molecule has 0 aromatic heterocycles. The Hall–Kier alpha value is -0.530. The summed E-state index contributed by atoms with van der Waals surface area (Å²) in [5.74, 6) is 1.04. The molecule has 0 unspecified atom stereocenters. The zero-order valence-corrected chi connectivity index (χ0v) is 11.3. The Labute approximate surface area is 104 Å². The fourth-order valence-electron chi connectivity index (χ4n) is 5.29. The number of hydrogen-bond acceptors (Lipinski definition) is 1. The zero-order chi connectivity index (χ0) is 12.5. The fraction of sp³-hybridized carbons (Fsp3) is 0.933. The highest BCUT2D eigenvalue weighted by Crippen LogP contribution is 2.69. The van der Waals surface area contributed by atoms with Gasteiger partial charge in [0.15, 0.2) is 0 Å². The molecule has 0 spiro atoms. The van der Waals surface area contributed by atoms with Crippen LogP contribution in [-0.2, 0) is 4.79 Å². The highest BCUT2D eigenvalue weighted by Gasteiger charge is 2.63. The van der Waals surface area contributed by atoms with Crippen LogP contribution in [0.1, 0.15) is 59.3 Å². The SMILES string of the molecule is CC1(C)C[C@H]2[C@H]1CC[C@]1(C(=O)O)CC[C@@]2(C)C1. The van der Waals surface area contributed by atoms with Crippen LogP contribution in [0.15, 0.2) is 0 Å². The van der Waals surface area contributed by atoms with Gasteiger partial charge < -0.3 is 5.11 Å². The molecule has 3 rings (SSSR count). The lowest BCUT2D eigenvalue weighted by atomic mass is 9.47. The summed E-state index contributed by atoms with van der Waals surface area (Å²) in [6.07, 6.45) is 6.36. The molecule has 3 aliphatic rings. The van der Waals surface area contributed by atoms with Crippen LogP contribution < -0.4 is 0 Å². The Kier molecular flexibility index (Phi) is 2.09. The maximum Gasteiger partial charge on any atom is 0.309 e. The van der Waals surface area contributed by atoms with Crippen LogP contribution in [0.2, 0.25) is 0 Å². The molecule has 2 heteroatoms. The molecular formula is C15H24O2. The number of hydrogen-bond donors (Lipinski definition) is 1. The third-order valence-corrected chi connectivity index (χ3v) is 6.44. The molecule has 1 N–H and O–H groups in total. The molecule has 3 aliphatic carbocycles. The minimum atomic E-state index is -0.527. The van der Waals surface area contributed by atoms with Gasteiger partial charge in [-0.2, -0.15) is 0 Å². The van der Waals surface area contributed by atoms with Crippen molar-refractivity contribution in [2.24, 2.45) is 28.1 Å². The van der Waals surface area contributed by atoms with E-state index in [0.29, 0.717) is 10.8 Å². The van der Waals surface area contributed by atoms with Crippen LogP contribution in [0.5, 0.6) is 0 Å². The monoisotopic (exact) mass is 236 g/mol.